The van der Waals surface area contributed by atoms with Crippen LogP contribution < -0.4 is 4.31 Å². The summed E-state index contributed by atoms with van der Waals surface area (Å²) in [6.07, 6.45) is 0. The van der Waals surface area contributed by atoms with Crippen LogP contribution in [0.4, 0.5) is 5.69 Å². The van der Waals surface area contributed by atoms with Crippen LogP contribution in [0, 0.1) is 0 Å². The molecule has 1 heterocycles. The second kappa shape index (κ2) is 12.4. The Hall–Kier alpha value is -3.36. The van der Waals surface area contributed by atoms with Crippen LogP contribution in [0.2, 0.25) is 10.0 Å². The summed E-state index contributed by atoms with van der Waals surface area (Å²) in [4.78, 5) is 17.8. The highest BCUT2D eigenvalue weighted by molar-refractivity contribution is 7.92. The summed E-state index contributed by atoms with van der Waals surface area (Å²) in [6.45, 7) is 1.88. The Morgan fingerprint density at radius 2 is 1.20 bits per heavy atom. The van der Waals surface area contributed by atoms with E-state index < -0.39 is 10.0 Å². The molecular formula is C31H29Cl2N3O3S. The Bertz CT molecular complexity index is 1490. The largest absolute Gasteiger partial charge is 0.339 e. The van der Waals surface area contributed by atoms with E-state index in [1.807, 2.05) is 36.4 Å². The maximum Gasteiger partial charge on any atom is 0.264 e. The number of carbonyl (C=O) groups is 1. The third kappa shape index (κ3) is 6.34. The van der Waals surface area contributed by atoms with Gasteiger partial charge in [0, 0.05) is 36.2 Å². The van der Waals surface area contributed by atoms with Gasteiger partial charge in [-0.1, -0.05) is 102 Å². The molecule has 4 aromatic rings. The first-order valence-corrected chi connectivity index (χ1v) is 15.2. The van der Waals surface area contributed by atoms with Crippen molar-refractivity contribution in [2.75, 3.05) is 37.0 Å². The first-order valence-electron chi connectivity index (χ1n) is 13.0. The maximum atomic E-state index is 13.7. The topological polar surface area (TPSA) is 60.9 Å². The van der Waals surface area contributed by atoms with Gasteiger partial charge in [-0.05, 0) is 41.5 Å². The molecule has 0 aromatic heterocycles. The van der Waals surface area contributed by atoms with Crippen LogP contribution in [0.5, 0.6) is 0 Å². The van der Waals surface area contributed by atoms with Gasteiger partial charge in [-0.25, -0.2) is 8.42 Å². The Kier molecular flexibility index (Phi) is 8.76. The van der Waals surface area contributed by atoms with E-state index in [4.69, 9.17) is 23.2 Å². The highest BCUT2D eigenvalue weighted by Crippen LogP contribution is 2.31. The van der Waals surface area contributed by atoms with Crippen molar-refractivity contribution >= 4 is 44.8 Å². The number of carbonyl (C=O) groups excluding carboxylic acids is 1. The van der Waals surface area contributed by atoms with Crippen LogP contribution in [-0.4, -0.2) is 56.8 Å². The Morgan fingerprint density at radius 3 is 1.70 bits per heavy atom. The molecule has 0 unspecified atom stereocenters. The molecule has 1 aliphatic rings. The highest BCUT2D eigenvalue weighted by atomic mass is 35.5. The number of hydrogen-bond acceptors (Lipinski definition) is 4. The van der Waals surface area contributed by atoms with Crippen LogP contribution in [0.25, 0.3) is 0 Å². The van der Waals surface area contributed by atoms with Crippen LogP contribution in [0.15, 0.2) is 114 Å². The van der Waals surface area contributed by atoms with Gasteiger partial charge < -0.3 is 4.90 Å². The van der Waals surface area contributed by atoms with Gasteiger partial charge in [-0.15, -0.1) is 0 Å². The normalized spacial score (nSPS) is 14.3. The van der Waals surface area contributed by atoms with E-state index in [-0.39, 0.29) is 39.1 Å². The maximum absolute atomic E-state index is 13.7. The molecule has 5 rings (SSSR count). The molecule has 4 aromatic carbocycles. The first kappa shape index (κ1) is 28.2. The molecule has 1 fully saturated rings. The van der Waals surface area contributed by atoms with Gasteiger partial charge in [0.25, 0.3) is 10.0 Å². The third-order valence-corrected chi connectivity index (χ3v) is 9.23. The van der Waals surface area contributed by atoms with E-state index in [1.54, 1.807) is 23.1 Å². The zero-order valence-electron chi connectivity index (χ0n) is 21.7. The first-order chi connectivity index (χ1) is 19.3. The van der Waals surface area contributed by atoms with Crippen molar-refractivity contribution in [1.29, 1.82) is 0 Å². The minimum Gasteiger partial charge on any atom is -0.339 e. The summed E-state index contributed by atoms with van der Waals surface area (Å²) in [5.74, 6) is -0.286. The Labute approximate surface area is 245 Å². The number of halogens is 2. The van der Waals surface area contributed by atoms with Gasteiger partial charge in [0.2, 0.25) is 5.91 Å². The molecule has 6 nitrogen and oxygen atoms in total. The van der Waals surface area contributed by atoms with Crippen LogP contribution in [0.1, 0.15) is 17.2 Å². The van der Waals surface area contributed by atoms with E-state index >= 15 is 0 Å². The summed E-state index contributed by atoms with van der Waals surface area (Å²) in [5.41, 5.74) is 2.61. The number of piperazine rings is 1. The van der Waals surface area contributed by atoms with Gasteiger partial charge in [0.1, 0.15) is 6.54 Å². The summed E-state index contributed by atoms with van der Waals surface area (Å²) >= 11 is 12.4. The molecule has 1 amide bonds. The summed E-state index contributed by atoms with van der Waals surface area (Å²) < 4.78 is 28.5. The fourth-order valence-electron chi connectivity index (χ4n) is 5.06. The molecule has 206 valence electrons. The number of anilines is 1. The van der Waals surface area contributed by atoms with Crippen molar-refractivity contribution in [3.05, 3.63) is 130 Å². The average Bonchev–Trinajstić information content (AvgIpc) is 2.97. The molecule has 40 heavy (non-hydrogen) atoms. The minimum atomic E-state index is -4.06. The van der Waals surface area contributed by atoms with E-state index in [0.29, 0.717) is 26.2 Å². The van der Waals surface area contributed by atoms with Crippen molar-refractivity contribution in [3.8, 4) is 0 Å². The molecule has 9 heteroatoms. The zero-order valence-corrected chi connectivity index (χ0v) is 24.1. The lowest BCUT2D eigenvalue weighted by atomic mass is 9.96. The van der Waals surface area contributed by atoms with E-state index in [0.717, 1.165) is 4.31 Å². The molecule has 1 saturated heterocycles. The fourth-order valence-corrected chi connectivity index (χ4v) is 6.99. The minimum absolute atomic E-state index is 0.0585. The monoisotopic (exact) mass is 593 g/mol. The van der Waals surface area contributed by atoms with Crippen molar-refractivity contribution in [1.82, 2.24) is 9.80 Å². The molecule has 0 atom stereocenters. The summed E-state index contributed by atoms with van der Waals surface area (Å²) in [6, 6.07) is 33.3. The molecule has 0 bridgehead atoms. The highest BCUT2D eigenvalue weighted by Gasteiger charge is 2.32. The number of nitrogens with zero attached hydrogens (tertiary/aromatic N) is 3. The molecule has 1 aliphatic heterocycles. The molecule has 0 N–H and O–H groups in total. The molecule has 0 aliphatic carbocycles. The lowest BCUT2D eigenvalue weighted by Crippen LogP contribution is -2.52. The van der Waals surface area contributed by atoms with Crippen LogP contribution in [0.3, 0.4) is 0 Å². The molecular weight excluding hydrogens is 565 g/mol. The number of rotatable bonds is 8. The standard InChI is InChI=1S/C31H29Cl2N3O3S/c32-26-20-27(33)22-28(21-26)36(40(38,39)29-14-8-3-9-15-29)23-30(37)34-16-18-35(19-17-34)31(24-10-4-1-5-11-24)25-12-6-2-7-13-25/h1-15,20-22,31H,16-19,23H2. The van der Waals surface area contributed by atoms with Crippen molar-refractivity contribution in [2.24, 2.45) is 0 Å². The Balaban J connectivity index is 1.36. The van der Waals surface area contributed by atoms with Gasteiger partial charge in [-0.3, -0.25) is 14.0 Å². The molecule has 0 saturated carbocycles. The summed E-state index contributed by atoms with van der Waals surface area (Å²) in [7, 11) is -4.06. The van der Waals surface area contributed by atoms with Crippen molar-refractivity contribution in [3.63, 3.8) is 0 Å². The fraction of sp³-hybridized carbons (Fsp3) is 0.194. The predicted molar refractivity (Wildman–Crippen MR) is 160 cm³/mol. The van der Waals surface area contributed by atoms with Crippen LogP contribution in [-0.2, 0) is 14.8 Å². The van der Waals surface area contributed by atoms with Gasteiger partial charge in [0.05, 0.1) is 16.6 Å². The summed E-state index contributed by atoms with van der Waals surface area (Å²) in [5, 5.41) is 0.564. The predicted octanol–water partition coefficient (Wildman–Crippen LogP) is 6.12. The average molecular weight is 595 g/mol. The number of hydrogen-bond donors (Lipinski definition) is 0. The lowest BCUT2D eigenvalue weighted by Gasteiger charge is -2.40. The third-order valence-electron chi connectivity index (χ3n) is 7.01. The van der Waals surface area contributed by atoms with Gasteiger partial charge in [0.15, 0.2) is 0 Å². The molecule has 0 spiro atoms. The smallest absolute Gasteiger partial charge is 0.264 e. The van der Waals surface area contributed by atoms with E-state index in [2.05, 4.69) is 29.2 Å². The molecule has 0 radical (unpaired) electrons. The number of benzene rings is 4. The van der Waals surface area contributed by atoms with Gasteiger partial charge >= 0.3 is 0 Å². The number of amides is 1. The van der Waals surface area contributed by atoms with Crippen molar-refractivity contribution in [2.45, 2.75) is 10.9 Å². The Morgan fingerprint density at radius 1 is 0.725 bits per heavy atom. The lowest BCUT2D eigenvalue weighted by molar-refractivity contribution is -0.131. The van der Waals surface area contributed by atoms with Gasteiger partial charge in [-0.2, -0.15) is 0 Å². The second-order valence-corrected chi connectivity index (χ2v) is 12.3. The number of sulfonamides is 1. The zero-order chi connectivity index (χ0) is 28.1. The SMILES string of the molecule is O=C(CN(c1cc(Cl)cc(Cl)c1)S(=O)(=O)c1ccccc1)N1CCN(C(c2ccccc2)c2ccccc2)CC1. The van der Waals surface area contributed by atoms with Crippen molar-refractivity contribution < 1.29 is 13.2 Å². The van der Waals surface area contributed by atoms with E-state index in [1.165, 1.54) is 41.5 Å². The van der Waals surface area contributed by atoms with E-state index in [9.17, 15) is 13.2 Å². The second-order valence-electron chi connectivity index (χ2n) is 9.59. The van der Waals surface area contributed by atoms with Crippen LogP contribution >= 0.6 is 23.2 Å². The quantitative estimate of drug-likeness (QED) is 0.247.